The third-order valence-electron chi connectivity index (χ3n) is 4.04. The van der Waals surface area contributed by atoms with Gasteiger partial charge in [-0.3, -0.25) is 14.4 Å². The Morgan fingerprint density at radius 1 is 1.03 bits per heavy atom. The van der Waals surface area contributed by atoms with Crippen LogP contribution in [0, 0.1) is 0 Å². The van der Waals surface area contributed by atoms with Gasteiger partial charge in [0.15, 0.2) is 5.12 Å². The van der Waals surface area contributed by atoms with Crippen LogP contribution in [-0.4, -0.2) is 36.4 Å². The molecule has 1 amide bonds. The van der Waals surface area contributed by atoms with E-state index in [-0.39, 0.29) is 36.3 Å². The molecule has 2 rings (SSSR count). The number of carbonyl (C=O) groups excluding carboxylic acids is 3. The number of amides is 1. The predicted molar refractivity (Wildman–Crippen MR) is 118 cm³/mol. The quantitative estimate of drug-likeness (QED) is 0.461. The molecule has 0 aliphatic carbocycles. The van der Waals surface area contributed by atoms with Crippen molar-refractivity contribution in [3.8, 4) is 5.75 Å². The summed E-state index contributed by atoms with van der Waals surface area (Å²) in [5.74, 6) is 0.240. The van der Waals surface area contributed by atoms with Gasteiger partial charge in [0, 0.05) is 24.8 Å². The molecule has 0 unspecified atom stereocenters. The standard InChI is InChI=1S/C23H25NO5S/c1-17(25)30-16-20(14-18-8-10-21(28-2)11-9-18)23(27)24-13-12-22(26)29-15-19-6-4-3-5-7-19/h3-11,14H,12-13,15-16H2,1-2H3,(H,24,27). The lowest BCUT2D eigenvalue weighted by Crippen LogP contribution is -2.28. The van der Waals surface area contributed by atoms with Crippen molar-refractivity contribution in [2.24, 2.45) is 0 Å². The molecule has 0 bridgehead atoms. The molecule has 158 valence electrons. The molecule has 2 aromatic rings. The smallest absolute Gasteiger partial charge is 0.307 e. The number of esters is 1. The highest BCUT2D eigenvalue weighted by atomic mass is 32.2. The van der Waals surface area contributed by atoms with Crippen LogP contribution < -0.4 is 10.1 Å². The molecule has 30 heavy (non-hydrogen) atoms. The van der Waals surface area contributed by atoms with Crippen molar-refractivity contribution < 1.29 is 23.9 Å². The molecule has 0 saturated heterocycles. The first-order chi connectivity index (χ1) is 14.5. The molecule has 6 nitrogen and oxygen atoms in total. The molecular formula is C23H25NO5S. The van der Waals surface area contributed by atoms with Gasteiger partial charge >= 0.3 is 5.97 Å². The summed E-state index contributed by atoms with van der Waals surface area (Å²) in [7, 11) is 1.58. The summed E-state index contributed by atoms with van der Waals surface area (Å²) < 4.78 is 10.3. The Labute approximate surface area is 180 Å². The minimum Gasteiger partial charge on any atom is -0.497 e. The van der Waals surface area contributed by atoms with Crippen molar-refractivity contribution in [1.82, 2.24) is 5.32 Å². The third kappa shape index (κ3) is 8.53. The van der Waals surface area contributed by atoms with Crippen LogP contribution in [0.2, 0.25) is 0 Å². The van der Waals surface area contributed by atoms with E-state index in [0.29, 0.717) is 11.3 Å². The number of rotatable bonds is 10. The number of hydrogen-bond donors (Lipinski definition) is 1. The highest BCUT2D eigenvalue weighted by Crippen LogP contribution is 2.17. The van der Waals surface area contributed by atoms with Gasteiger partial charge < -0.3 is 14.8 Å². The summed E-state index contributed by atoms with van der Waals surface area (Å²) in [5, 5.41) is 2.65. The van der Waals surface area contributed by atoms with Crippen LogP contribution in [0.5, 0.6) is 5.75 Å². The first-order valence-electron chi connectivity index (χ1n) is 9.43. The molecule has 0 radical (unpaired) electrons. The van der Waals surface area contributed by atoms with E-state index in [1.54, 1.807) is 25.3 Å². The minimum absolute atomic E-state index is 0.0637. The second-order valence-corrected chi connectivity index (χ2v) is 7.53. The Morgan fingerprint density at radius 3 is 2.37 bits per heavy atom. The molecule has 0 aliphatic heterocycles. The van der Waals surface area contributed by atoms with Crippen LogP contribution in [0.3, 0.4) is 0 Å². The highest BCUT2D eigenvalue weighted by molar-refractivity contribution is 8.13. The van der Waals surface area contributed by atoms with E-state index >= 15 is 0 Å². The second-order valence-electron chi connectivity index (χ2n) is 6.38. The lowest BCUT2D eigenvalue weighted by atomic mass is 10.1. The van der Waals surface area contributed by atoms with Gasteiger partial charge in [0.05, 0.1) is 13.5 Å². The van der Waals surface area contributed by atoms with Crippen molar-refractivity contribution in [2.45, 2.75) is 20.0 Å². The van der Waals surface area contributed by atoms with Crippen LogP contribution >= 0.6 is 11.8 Å². The van der Waals surface area contributed by atoms with E-state index in [4.69, 9.17) is 9.47 Å². The maximum atomic E-state index is 12.6. The van der Waals surface area contributed by atoms with E-state index in [9.17, 15) is 14.4 Å². The Morgan fingerprint density at radius 2 is 1.73 bits per heavy atom. The summed E-state index contributed by atoms with van der Waals surface area (Å²) in [5.41, 5.74) is 2.16. The van der Waals surface area contributed by atoms with Crippen LogP contribution in [0.4, 0.5) is 0 Å². The number of methoxy groups -OCH3 is 1. The lowest BCUT2D eigenvalue weighted by Gasteiger charge is -2.09. The van der Waals surface area contributed by atoms with Gasteiger partial charge in [-0.1, -0.05) is 54.2 Å². The largest absolute Gasteiger partial charge is 0.497 e. The van der Waals surface area contributed by atoms with Gasteiger partial charge in [0.1, 0.15) is 12.4 Å². The molecule has 2 aromatic carbocycles. The fourth-order valence-electron chi connectivity index (χ4n) is 2.46. The van der Waals surface area contributed by atoms with E-state index in [0.717, 1.165) is 22.9 Å². The molecular weight excluding hydrogens is 402 g/mol. The zero-order valence-electron chi connectivity index (χ0n) is 17.1. The van der Waals surface area contributed by atoms with Crippen molar-refractivity contribution in [3.63, 3.8) is 0 Å². The zero-order chi connectivity index (χ0) is 21.8. The summed E-state index contributed by atoms with van der Waals surface area (Å²) in [6.07, 6.45) is 1.78. The summed E-state index contributed by atoms with van der Waals surface area (Å²) in [4.78, 5) is 35.8. The van der Waals surface area contributed by atoms with Gasteiger partial charge in [-0.05, 0) is 29.3 Å². The molecule has 0 fully saturated rings. The average molecular weight is 428 g/mol. The van der Waals surface area contributed by atoms with Crippen molar-refractivity contribution in [1.29, 1.82) is 0 Å². The number of ether oxygens (including phenoxy) is 2. The van der Waals surface area contributed by atoms with E-state index < -0.39 is 5.97 Å². The number of benzene rings is 2. The van der Waals surface area contributed by atoms with Crippen molar-refractivity contribution in [3.05, 3.63) is 71.3 Å². The molecule has 0 saturated carbocycles. The molecule has 1 N–H and O–H groups in total. The molecule has 0 aromatic heterocycles. The fourth-order valence-corrected chi connectivity index (χ4v) is 3.03. The molecule has 0 aliphatic rings. The molecule has 7 heteroatoms. The van der Waals surface area contributed by atoms with Crippen molar-refractivity contribution in [2.75, 3.05) is 19.4 Å². The van der Waals surface area contributed by atoms with E-state index in [1.165, 1.54) is 6.92 Å². The Balaban J connectivity index is 1.88. The van der Waals surface area contributed by atoms with Crippen LogP contribution in [0.1, 0.15) is 24.5 Å². The summed E-state index contributed by atoms with van der Waals surface area (Å²) in [6, 6.07) is 16.6. The molecule has 0 spiro atoms. The van der Waals surface area contributed by atoms with Gasteiger partial charge in [0.25, 0.3) is 0 Å². The van der Waals surface area contributed by atoms with E-state index in [2.05, 4.69) is 5.32 Å². The third-order valence-corrected chi connectivity index (χ3v) is 4.90. The number of thioether (sulfide) groups is 1. The first kappa shape index (κ1) is 23.2. The van der Waals surface area contributed by atoms with Crippen LogP contribution in [0.25, 0.3) is 6.08 Å². The number of carbonyl (C=O) groups is 3. The molecule has 0 atom stereocenters. The normalized spacial score (nSPS) is 10.9. The fraction of sp³-hybridized carbons (Fsp3) is 0.261. The van der Waals surface area contributed by atoms with Gasteiger partial charge in [0.2, 0.25) is 5.91 Å². The number of hydrogen-bond acceptors (Lipinski definition) is 6. The van der Waals surface area contributed by atoms with Gasteiger partial charge in [-0.2, -0.15) is 0 Å². The Bertz CT molecular complexity index is 878. The maximum Gasteiger partial charge on any atom is 0.307 e. The predicted octanol–water partition coefficient (Wildman–Crippen LogP) is 3.61. The minimum atomic E-state index is -0.391. The Kier molecular flexibility index (Phi) is 9.67. The number of nitrogens with one attached hydrogen (secondary N) is 1. The maximum absolute atomic E-state index is 12.6. The van der Waals surface area contributed by atoms with Crippen molar-refractivity contribution >= 4 is 34.8 Å². The highest BCUT2D eigenvalue weighted by Gasteiger charge is 2.12. The summed E-state index contributed by atoms with van der Waals surface area (Å²) in [6.45, 7) is 1.80. The lowest BCUT2D eigenvalue weighted by molar-refractivity contribution is -0.144. The van der Waals surface area contributed by atoms with Gasteiger partial charge in [-0.15, -0.1) is 0 Å². The Hall–Kier alpha value is -3.06. The van der Waals surface area contributed by atoms with Crippen LogP contribution in [-0.2, 0) is 25.7 Å². The SMILES string of the molecule is COc1ccc(C=C(CSC(C)=O)C(=O)NCCC(=O)OCc2ccccc2)cc1. The summed E-state index contributed by atoms with van der Waals surface area (Å²) >= 11 is 1.06. The average Bonchev–Trinajstić information content (AvgIpc) is 2.76. The monoisotopic (exact) mass is 427 g/mol. The van der Waals surface area contributed by atoms with Crippen LogP contribution in [0.15, 0.2) is 60.2 Å². The van der Waals surface area contributed by atoms with Gasteiger partial charge in [-0.25, -0.2) is 0 Å². The molecule has 0 heterocycles. The first-order valence-corrected chi connectivity index (χ1v) is 10.4. The topological polar surface area (TPSA) is 81.7 Å². The zero-order valence-corrected chi connectivity index (χ0v) is 17.9. The second kappa shape index (κ2) is 12.5. The van der Waals surface area contributed by atoms with E-state index in [1.807, 2.05) is 42.5 Å².